The van der Waals surface area contributed by atoms with E-state index in [2.05, 4.69) is 11.2 Å². The van der Waals surface area contributed by atoms with Crippen LogP contribution in [0.1, 0.15) is 40.0 Å². The Balaban J connectivity index is 4.24. The molecule has 3 heteroatoms. The van der Waals surface area contributed by atoms with Crippen molar-refractivity contribution in [2.24, 2.45) is 5.73 Å². The first-order chi connectivity index (χ1) is 6.49. The Morgan fingerprint density at radius 2 is 2.07 bits per heavy atom. The highest BCUT2D eigenvalue weighted by atomic mass is 16.2. The first-order valence-corrected chi connectivity index (χ1v) is 5.00. The number of rotatable bonds is 5. The predicted molar refractivity (Wildman–Crippen MR) is 58.6 cm³/mol. The third-order valence-corrected chi connectivity index (χ3v) is 2.66. The third kappa shape index (κ3) is 3.80. The second kappa shape index (κ2) is 5.66. The van der Waals surface area contributed by atoms with Gasteiger partial charge in [0.25, 0.3) is 0 Å². The van der Waals surface area contributed by atoms with Crippen LogP contribution in [0, 0.1) is 12.3 Å². The van der Waals surface area contributed by atoms with Gasteiger partial charge in [-0.15, -0.1) is 12.3 Å². The molecule has 3 nitrogen and oxygen atoms in total. The number of hydrogen-bond acceptors (Lipinski definition) is 2. The van der Waals surface area contributed by atoms with Crippen molar-refractivity contribution in [3.8, 4) is 12.3 Å². The molecule has 0 aliphatic carbocycles. The monoisotopic (exact) mass is 196 g/mol. The van der Waals surface area contributed by atoms with Crippen LogP contribution in [0.5, 0.6) is 0 Å². The molecule has 1 atom stereocenters. The number of carbonyl (C=O) groups is 1. The summed E-state index contributed by atoms with van der Waals surface area (Å²) >= 11 is 0. The average molecular weight is 196 g/mol. The van der Waals surface area contributed by atoms with E-state index < -0.39 is 6.04 Å². The molecular weight excluding hydrogens is 176 g/mol. The fourth-order valence-corrected chi connectivity index (χ4v) is 1.04. The smallest absolute Gasteiger partial charge is 0.238 e. The van der Waals surface area contributed by atoms with Gasteiger partial charge in [0.15, 0.2) is 0 Å². The molecule has 0 rings (SSSR count). The van der Waals surface area contributed by atoms with Gasteiger partial charge in [0.1, 0.15) is 0 Å². The van der Waals surface area contributed by atoms with Crippen LogP contribution in [0.3, 0.4) is 0 Å². The zero-order chi connectivity index (χ0) is 11.2. The van der Waals surface area contributed by atoms with E-state index in [1.165, 1.54) is 0 Å². The Morgan fingerprint density at radius 3 is 2.43 bits per heavy atom. The quantitative estimate of drug-likeness (QED) is 0.645. The normalized spacial score (nSPS) is 13.1. The number of carbonyl (C=O) groups excluding carboxylic acids is 1. The number of terminal acetylenes is 1. The van der Waals surface area contributed by atoms with Crippen LogP contribution in [0.25, 0.3) is 0 Å². The fraction of sp³-hybridized carbons (Fsp3) is 0.727. The van der Waals surface area contributed by atoms with Gasteiger partial charge in [-0.2, -0.15) is 0 Å². The van der Waals surface area contributed by atoms with Crippen LogP contribution < -0.4 is 11.1 Å². The van der Waals surface area contributed by atoms with Gasteiger partial charge >= 0.3 is 0 Å². The molecule has 0 bridgehead atoms. The van der Waals surface area contributed by atoms with E-state index in [0.717, 1.165) is 12.8 Å². The van der Waals surface area contributed by atoms with Crippen molar-refractivity contribution in [2.45, 2.75) is 51.6 Å². The van der Waals surface area contributed by atoms with Crippen LogP contribution in [-0.2, 0) is 4.79 Å². The van der Waals surface area contributed by atoms with Crippen LogP contribution in [0.2, 0.25) is 0 Å². The summed E-state index contributed by atoms with van der Waals surface area (Å²) in [4.78, 5) is 11.5. The van der Waals surface area contributed by atoms with Gasteiger partial charge in [-0.25, -0.2) is 0 Å². The van der Waals surface area contributed by atoms with E-state index in [9.17, 15) is 4.79 Å². The lowest BCUT2D eigenvalue weighted by Crippen LogP contribution is -2.51. The number of amides is 1. The molecule has 14 heavy (non-hydrogen) atoms. The minimum absolute atomic E-state index is 0.158. The minimum Gasteiger partial charge on any atom is -0.350 e. The van der Waals surface area contributed by atoms with Crippen molar-refractivity contribution < 1.29 is 4.79 Å². The third-order valence-electron chi connectivity index (χ3n) is 2.66. The van der Waals surface area contributed by atoms with Crippen molar-refractivity contribution in [1.82, 2.24) is 5.32 Å². The second-order valence-corrected chi connectivity index (χ2v) is 3.77. The van der Waals surface area contributed by atoms with E-state index in [1.54, 1.807) is 0 Å². The zero-order valence-corrected chi connectivity index (χ0v) is 9.26. The Hall–Kier alpha value is -1.01. The average Bonchev–Trinajstić information content (AvgIpc) is 2.18. The summed E-state index contributed by atoms with van der Waals surface area (Å²) in [5.74, 6) is 2.23. The first kappa shape index (κ1) is 13.0. The van der Waals surface area contributed by atoms with E-state index in [-0.39, 0.29) is 17.9 Å². The molecule has 0 aliphatic rings. The molecule has 1 amide bonds. The lowest BCUT2D eigenvalue weighted by atomic mass is 9.95. The zero-order valence-electron chi connectivity index (χ0n) is 9.26. The van der Waals surface area contributed by atoms with Crippen LogP contribution >= 0.6 is 0 Å². The molecule has 1 unspecified atom stereocenters. The van der Waals surface area contributed by atoms with Crippen LogP contribution in [0.4, 0.5) is 0 Å². The minimum atomic E-state index is -0.586. The highest BCUT2D eigenvalue weighted by molar-refractivity contribution is 5.82. The summed E-state index contributed by atoms with van der Waals surface area (Å²) in [6, 6.07) is -0.586. The van der Waals surface area contributed by atoms with Crippen LogP contribution in [-0.4, -0.2) is 17.5 Å². The number of nitrogens with two attached hydrogens (primary N) is 1. The van der Waals surface area contributed by atoms with Crippen LogP contribution in [0.15, 0.2) is 0 Å². The lowest BCUT2D eigenvalue weighted by molar-refractivity contribution is -0.124. The maximum Gasteiger partial charge on any atom is 0.238 e. The molecule has 0 aromatic carbocycles. The van der Waals surface area contributed by atoms with Gasteiger partial charge in [-0.05, 0) is 19.8 Å². The Labute approximate surface area is 86.4 Å². The van der Waals surface area contributed by atoms with Gasteiger partial charge in [0, 0.05) is 12.0 Å². The molecular formula is C11H20N2O. The van der Waals surface area contributed by atoms with Crippen molar-refractivity contribution in [1.29, 1.82) is 0 Å². The largest absolute Gasteiger partial charge is 0.350 e. The summed E-state index contributed by atoms with van der Waals surface area (Å²) in [5, 5.41) is 2.92. The van der Waals surface area contributed by atoms with Gasteiger partial charge < -0.3 is 11.1 Å². The molecule has 80 valence electrons. The maximum absolute atomic E-state index is 11.5. The summed E-state index contributed by atoms with van der Waals surface area (Å²) in [7, 11) is 0. The lowest BCUT2D eigenvalue weighted by Gasteiger charge is -2.29. The van der Waals surface area contributed by atoms with E-state index in [4.69, 9.17) is 12.2 Å². The van der Waals surface area contributed by atoms with Crippen molar-refractivity contribution in [3.05, 3.63) is 0 Å². The molecule has 3 N–H and O–H groups in total. The highest BCUT2D eigenvalue weighted by Crippen LogP contribution is 2.13. The maximum atomic E-state index is 11.5. The Kier molecular flexibility index (Phi) is 5.26. The summed E-state index contributed by atoms with van der Waals surface area (Å²) < 4.78 is 0. The second-order valence-electron chi connectivity index (χ2n) is 3.77. The highest BCUT2D eigenvalue weighted by Gasteiger charge is 2.24. The topological polar surface area (TPSA) is 55.1 Å². The summed E-state index contributed by atoms with van der Waals surface area (Å²) in [5.41, 5.74) is 5.43. The molecule has 0 aromatic rings. The summed E-state index contributed by atoms with van der Waals surface area (Å²) in [6.07, 6.45) is 7.15. The van der Waals surface area contributed by atoms with Crippen molar-refractivity contribution >= 4 is 5.91 Å². The molecule has 0 aliphatic heterocycles. The van der Waals surface area contributed by atoms with E-state index in [0.29, 0.717) is 0 Å². The first-order valence-electron chi connectivity index (χ1n) is 5.00. The standard InChI is InChI=1S/C11H20N2O/c1-5-8-9(12)10(14)13-11(4,6-2)7-3/h1,9H,6-8,12H2,2-4H3,(H,13,14). The molecule has 0 spiro atoms. The fourth-order valence-electron chi connectivity index (χ4n) is 1.04. The molecule has 0 saturated heterocycles. The summed E-state index contributed by atoms with van der Waals surface area (Å²) in [6.45, 7) is 6.08. The molecule has 0 fully saturated rings. The number of hydrogen-bond donors (Lipinski definition) is 2. The predicted octanol–water partition coefficient (Wildman–Crippen LogP) is 1.03. The molecule has 0 radical (unpaired) electrons. The van der Waals surface area contributed by atoms with Gasteiger partial charge in [-0.3, -0.25) is 4.79 Å². The molecule has 0 saturated carbocycles. The number of nitrogens with one attached hydrogen (secondary N) is 1. The molecule has 0 heterocycles. The van der Waals surface area contributed by atoms with Gasteiger partial charge in [-0.1, -0.05) is 13.8 Å². The Morgan fingerprint density at radius 1 is 1.57 bits per heavy atom. The van der Waals surface area contributed by atoms with Crippen molar-refractivity contribution in [2.75, 3.05) is 0 Å². The van der Waals surface area contributed by atoms with Crippen molar-refractivity contribution in [3.63, 3.8) is 0 Å². The van der Waals surface area contributed by atoms with E-state index in [1.807, 2.05) is 20.8 Å². The molecule has 0 aromatic heterocycles. The van der Waals surface area contributed by atoms with Gasteiger partial charge in [0.05, 0.1) is 6.04 Å². The van der Waals surface area contributed by atoms with Gasteiger partial charge in [0.2, 0.25) is 5.91 Å². The Bertz CT molecular complexity index is 226. The van der Waals surface area contributed by atoms with E-state index >= 15 is 0 Å². The SMILES string of the molecule is C#CCC(N)C(=O)NC(C)(CC)CC.